The Morgan fingerprint density at radius 2 is 1.60 bits per heavy atom. The van der Waals surface area contributed by atoms with Crippen molar-refractivity contribution in [3.63, 3.8) is 0 Å². The van der Waals surface area contributed by atoms with Gasteiger partial charge in [-0.1, -0.05) is 30.3 Å². The zero-order valence-corrected chi connectivity index (χ0v) is 15.0. The fraction of sp³-hybridized carbons (Fsp3) is 0.350. The van der Waals surface area contributed by atoms with Gasteiger partial charge in [0.05, 0.1) is 21.3 Å². The molecule has 2 N–H and O–H groups in total. The Balaban J connectivity index is 2.04. The van der Waals surface area contributed by atoms with E-state index in [2.05, 4.69) is 12.1 Å². The first-order chi connectivity index (χ1) is 12.1. The van der Waals surface area contributed by atoms with E-state index < -0.39 is 0 Å². The van der Waals surface area contributed by atoms with Crippen LogP contribution in [0, 0.1) is 0 Å². The van der Waals surface area contributed by atoms with Crippen molar-refractivity contribution in [1.29, 1.82) is 0 Å². The Hall–Kier alpha value is -2.53. The standard InChI is InChI=1S/C20H25NO4/c1-23-18-11-15(12-19(24-2)20(18)25-3)17(22)13-16(21)10-9-14-7-5-4-6-8-14/h4-8,11-12,16H,9-10,13,21H2,1-3H3. The monoisotopic (exact) mass is 343 g/mol. The first kappa shape index (κ1) is 18.8. The van der Waals surface area contributed by atoms with Crippen LogP contribution < -0.4 is 19.9 Å². The van der Waals surface area contributed by atoms with Crippen LogP contribution in [-0.2, 0) is 6.42 Å². The third-order valence-corrected chi connectivity index (χ3v) is 4.08. The van der Waals surface area contributed by atoms with Gasteiger partial charge in [0, 0.05) is 18.0 Å². The van der Waals surface area contributed by atoms with Gasteiger partial charge in [0.15, 0.2) is 17.3 Å². The summed E-state index contributed by atoms with van der Waals surface area (Å²) in [6, 6.07) is 13.2. The van der Waals surface area contributed by atoms with Crippen LogP contribution >= 0.6 is 0 Å². The highest BCUT2D eigenvalue weighted by molar-refractivity contribution is 5.97. The van der Waals surface area contributed by atoms with E-state index in [1.807, 2.05) is 18.2 Å². The summed E-state index contributed by atoms with van der Waals surface area (Å²) >= 11 is 0. The fourth-order valence-electron chi connectivity index (χ4n) is 2.70. The van der Waals surface area contributed by atoms with Crippen molar-refractivity contribution in [3.8, 4) is 17.2 Å². The maximum atomic E-state index is 12.6. The largest absolute Gasteiger partial charge is 0.493 e. The third kappa shape index (κ3) is 4.97. The molecule has 0 radical (unpaired) electrons. The summed E-state index contributed by atoms with van der Waals surface area (Å²) in [4.78, 5) is 12.6. The molecule has 5 nitrogen and oxygen atoms in total. The van der Waals surface area contributed by atoms with Gasteiger partial charge in [-0.2, -0.15) is 0 Å². The molecule has 0 fully saturated rings. The van der Waals surface area contributed by atoms with E-state index in [0.717, 1.165) is 12.8 Å². The first-order valence-electron chi connectivity index (χ1n) is 8.21. The van der Waals surface area contributed by atoms with E-state index in [1.54, 1.807) is 12.1 Å². The highest BCUT2D eigenvalue weighted by Crippen LogP contribution is 2.38. The summed E-state index contributed by atoms with van der Waals surface area (Å²) < 4.78 is 15.9. The van der Waals surface area contributed by atoms with Crippen molar-refractivity contribution in [2.45, 2.75) is 25.3 Å². The maximum absolute atomic E-state index is 12.6. The van der Waals surface area contributed by atoms with E-state index >= 15 is 0 Å². The number of ketones is 1. The van der Waals surface area contributed by atoms with Gasteiger partial charge in [0.2, 0.25) is 5.75 Å². The Morgan fingerprint density at radius 1 is 1.00 bits per heavy atom. The van der Waals surface area contributed by atoms with Gasteiger partial charge >= 0.3 is 0 Å². The van der Waals surface area contributed by atoms with E-state index in [1.165, 1.54) is 26.9 Å². The van der Waals surface area contributed by atoms with Crippen LogP contribution in [0.5, 0.6) is 17.2 Å². The highest BCUT2D eigenvalue weighted by atomic mass is 16.5. The van der Waals surface area contributed by atoms with Crippen molar-refractivity contribution in [1.82, 2.24) is 0 Å². The number of hydrogen-bond donors (Lipinski definition) is 1. The second kappa shape index (κ2) is 9.08. The summed E-state index contributed by atoms with van der Waals surface area (Å²) in [7, 11) is 4.58. The molecule has 2 rings (SSSR count). The Bertz CT molecular complexity index is 675. The fourth-order valence-corrected chi connectivity index (χ4v) is 2.70. The number of Topliss-reactive ketones (excluding diaryl/α,β-unsaturated/α-hetero) is 1. The number of ether oxygens (including phenoxy) is 3. The molecule has 2 aromatic carbocycles. The van der Waals surface area contributed by atoms with E-state index in [4.69, 9.17) is 19.9 Å². The van der Waals surface area contributed by atoms with Crippen molar-refractivity contribution in [3.05, 3.63) is 53.6 Å². The lowest BCUT2D eigenvalue weighted by atomic mass is 9.98. The lowest BCUT2D eigenvalue weighted by molar-refractivity contribution is 0.0972. The van der Waals surface area contributed by atoms with Crippen LogP contribution in [0.1, 0.15) is 28.8 Å². The predicted molar refractivity (Wildman–Crippen MR) is 97.8 cm³/mol. The van der Waals surface area contributed by atoms with Crippen molar-refractivity contribution >= 4 is 5.78 Å². The van der Waals surface area contributed by atoms with Gasteiger partial charge in [0.25, 0.3) is 0 Å². The molecule has 1 atom stereocenters. The third-order valence-electron chi connectivity index (χ3n) is 4.08. The average Bonchev–Trinajstić information content (AvgIpc) is 2.65. The first-order valence-corrected chi connectivity index (χ1v) is 8.21. The summed E-state index contributed by atoms with van der Waals surface area (Å²) in [6.45, 7) is 0. The van der Waals surface area contributed by atoms with Crippen LogP contribution in [0.4, 0.5) is 0 Å². The molecule has 0 spiro atoms. The quantitative estimate of drug-likeness (QED) is 0.708. The van der Waals surface area contributed by atoms with E-state index in [-0.39, 0.29) is 18.2 Å². The molecule has 0 aliphatic carbocycles. The highest BCUT2D eigenvalue weighted by Gasteiger charge is 2.18. The molecule has 0 saturated heterocycles. The molecular weight excluding hydrogens is 318 g/mol. The molecule has 2 aromatic rings. The molecular formula is C20H25NO4. The number of hydrogen-bond acceptors (Lipinski definition) is 5. The molecule has 0 saturated carbocycles. The molecule has 134 valence electrons. The topological polar surface area (TPSA) is 70.8 Å². The zero-order valence-electron chi connectivity index (χ0n) is 15.0. The molecule has 25 heavy (non-hydrogen) atoms. The summed E-state index contributed by atoms with van der Waals surface area (Å²) in [6.07, 6.45) is 1.87. The minimum atomic E-state index is -0.202. The van der Waals surface area contributed by atoms with E-state index in [9.17, 15) is 4.79 Å². The molecule has 0 amide bonds. The van der Waals surface area contributed by atoms with Crippen molar-refractivity contribution in [2.75, 3.05) is 21.3 Å². The summed E-state index contributed by atoms with van der Waals surface area (Å²) in [5.74, 6) is 1.35. The Labute approximate surface area is 148 Å². The Kier molecular flexibility index (Phi) is 6.83. The average molecular weight is 343 g/mol. The normalized spacial score (nSPS) is 11.7. The minimum absolute atomic E-state index is 0.0418. The van der Waals surface area contributed by atoms with Gasteiger partial charge in [-0.3, -0.25) is 4.79 Å². The molecule has 5 heteroatoms. The minimum Gasteiger partial charge on any atom is -0.493 e. The number of rotatable bonds is 9. The zero-order chi connectivity index (χ0) is 18.2. The van der Waals surface area contributed by atoms with E-state index in [0.29, 0.717) is 22.8 Å². The molecule has 0 aromatic heterocycles. The molecule has 1 unspecified atom stereocenters. The lowest BCUT2D eigenvalue weighted by Gasteiger charge is -2.15. The Morgan fingerprint density at radius 3 is 2.12 bits per heavy atom. The lowest BCUT2D eigenvalue weighted by Crippen LogP contribution is -2.24. The number of methoxy groups -OCH3 is 3. The van der Waals surface area contributed by atoms with Gasteiger partial charge in [-0.15, -0.1) is 0 Å². The van der Waals surface area contributed by atoms with Gasteiger partial charge in [-0.25, -0.2) is 0 Å². The molecule has 0 aliphatic rings. The van der Waals surface area contributed by atoms with Crippen LogP contribution in [0.2, 0.25) is 0 Å². The van der Waals surface area contributed by atoms with Crippen LogP contribution in [0.25, 0.3) is 0 Å². The SMILES string of the molecule is COc1cc(C(=O)CC(N)CCc2ccccc2)cc(OC)c1OC. The summed E-state index contributed by atoms with van der Waals surface area (Å²) in [5, 5.41) is 0. The smallest absolute Gasteiger partial charge is 0.203 e. The summed E-state index contributed by atoms with van der Waals surface area (Å²) in [5.41, 5.74) is 7.87. The number of aryl methyl sites for hydroxylation is 1. The van der Waals surface area contributed by atoms with Gasteiger partial charge in [-0.05, 0) is 30.5 Å². The maximum Gasteiger partial charge on any atom is 0.203 e. The van der Waals surface area contributed by atoms with Gasteiger partial charge in [0.1, 0.15) is 0 Å². The molecule has 0 heterocycles. The van der Waals surface area contributed by atoms with Crippen LogP contribution in [-0.4, -0.2) is 33.2 Å². The number of carbonyl (C=O) groups is 1. The second-order valence-electron chi connectivity index (χ2n) is 5.83. The van der Waals surface area contributed by atoms with Crippen LogP contribution in [0.3, 0.4) is 0 Å². The van der Waals surface area contributed by atoms with Crippen LogP contribution in [0.15, 0.2) is 42.5 Å². The predicted octanol–water partition coefficient (Wildman–Crippen LogP) is 3.25. The molecule has 0 bridgehead atoms. The van der Waals surface area contributed by atoms with Crippen molar-refractivity contribution in [2.24, 2.45) is 5.73 Å². The number of carbonyl (C=O) groups excluding carboxylic acids is 1. The number of benzene rings is 2. The van der Waals surface area contributed by atoms with Gasteiger partial charge < -0.3 is 19.9 Å². The number of nitrogens with two attached hydrogens (primary N) is 1. The molecule has 0 aliphatic heterocycles. The second-order valence-corrected chi connectivity index (χ2v) is 5.83. The van der Waals surface area contributed by atoms with Crippen molar-refractivity contribution < 1.29 is 19.0 Å².